The smallest absolute Gasteiger partial charge is 0.328 e. The first-order chi connectivity index (χ1) is 10.5. The number of aromatic amines is 1. The number of aryl methyl sites for hydroxylation is 1. The zero-order chi connectivity index (χ0) is 16.1. The number of ether oxygens (including phenoxy) is 1. The fraction of sp³-hybridized carbons (Fsp3) is 0.333. The lowest BCUT2D eigenvalue weighted by Gasteiger charge is -2.11. The van der Waals surface area contributed by atoms with Crippen LogP contribution < -0.4 is 10.9 Å². The van der Waals surface area contributed by atoms with Crippen molar-refractivity contribution in [1.29, 1.82) is 0 Å². The molecule has 2 N–H and O–H groups in total. The van der Waals surface area contributed by atoms with E-state index < -0.39 is 12.0 Å². The quantitative estimate of drug-likeness (QED) is 0.785. The van der Waals surface area contributed by atoms with Crippen LogP contribution in [0, 0.1) is 0 Å². The number of para-hydroxylation sites is 2. The molecular weight excluding hydrogens is 286 g/mol. The number of rotatable bonds is 5. The van der Waals surface area contributed by atoms with Gasteiger partial charge in [0.2, 0.25) is 5.91 Å². The van der Waals surface area contributed by atoms with Crippen molar-refractivity contribution in [2.24, 2.45) is 0 Å². The van der Waals surface area contributed by atoms with Gasteiger partial charge in [0.15, 0.2) is 0 Å². The van der Waals surface area contributed by atoms with Crippen LogP contribution in [-0.2, 0) is 20.7 Å². The molecule has 0 aliphatic rings. The fourth-order valence-corrected chi connectivity index (χ4v) is 2.02. The number of carbonyl (C=O) groups excluding carboxylic acids is 2. The third-order valence-corrected chi connectivity index (χ3v) is 3.19. The van der Waals surface area contributed by atoms with Crippen LogP contribution in [0.15, 0.2) is 29.1 Å². The number of esters is 1. The van der Waals surface area contributed by atoms with Crippen molar-refractivity contribution in [3.05, 3.63) is 40.3 Å². The molecule has 0 aliphatic heterocycles. The number of methoxy groups -OCH3 is 1. The maximum Gasteiger partial charge on any atom is 0.328 e. The van der Waals surface area contributed by atoms with Crippen LogP contribution in [0.1, 0.15) is 19.0 Å². The third kappa shape index (κ3) is 3.69. The number of H-pyrrole nitrogens is 1. The summed E-state index contributed by atoms with van der Waals surface area (Å²) in [5.74, 6) is -0.859. The maximum atomic E-state index is 11.9. The molecule has 1 heterocycles. The third-order valence-electron chi connectivity index (χ3n) is 3.19. The number of hydrogen-bond acceptors (Lipinski definition) is 5. The lowest BCUT2D eigenvalue weighted by Crippen LogP contribution is -2.39. The van der Waals surface area contributed by atoms with Crippen LogP contribution in [-0.4, -0.2) is 35.0 Å². The van der Waals surface area contributed by atoms with Gasteiger partial charge < -0.3 is 15.0 Å². The fourth-order valence-electron chi connectivity index (χ4n) is 2.02. The van der Waals surface area contributed by atoms with Crippen molar-refractivity contribution < 1.29 is 14.3 Å². The summed E-state index contributed by atoms with van der Waals surface area (Å²) in [5.41, 5.74) is 1.30. The number of fused-ring (bicyclic) bond motifs is 1. The molecule has 116 valence electrons. The minimum Gasteiger partial charge on any atom is -0.467 e. The Morgan fingerprint density at radius 2 is 2.09 bits per heavy atom. The van der Waals surface area contributed by atoms with Crippen LogP contribution in [0.2, 0.25) is 0 Å². The van der Waals surface area contributed by atoms with Crippen LogP contribution in [0.25, 0.3) is 11.0 Å². The summed E-state index contributed by atoms with van der Waals surface area (Å²) in [4.78, 5) is 41.9. The minimum absolute atomic E-state index is 0.0652. The van der Waals surface area contributed by atoms with Crippen molar-refractivity contribution in [2.75, 3.05) is 7.11 Å². The number of carbonyl (C=O) groups is 2. The number of amides is 1. The molecule has 1 atom stereocenters. The SMILES string of the molecule is COC(=O)[C@H](C)NC(=O)CCc1nc2ccccc2[nH]c1=O. The summed E-state index contributed by atoms with van der Waals surface area (Å²) in [5, 5.41) is 2.50. The van der Waals surface area contributed by atoms with Gasteiger partial charge in [0.1, 0.15) is 11.7 Å². The normalized spacial score (nSPS) is 11.9. The van der Waals surface area contributed by atoms with E-state index in [0.717, 1.165) is 0 Å². The Bertz CT molecular complexity index is 754. The van der Waals surface area contributed by atoms with Gasteiger partial charge in [-0.15, -0.1) is 0 Å². The highest BCUT2D eigenvalue weighted by Gasteiger charge is 2.16. The summed E-state index contributed by atoms with van der Waals surface area (Å²) >= 11 is 0. The Balaban J connectivity index is 2.02. The minimum atomic E-state index is -0.722. The number of nitrogens with one attached hydrogen (secondary N) is 2. The van der Waals surface area contributed by atoms with Gasteiger partial charge in [-0.1, -0.05) is 12.1 Å². The molecule has 2 aromatic rings. The topological polar surface area (TPSA) is 101 Å². The molecule has 0 fully saturated rings. The molecule has 7 nitrogen and oxygen atoms in total. The Hall–Kier alpha value is -2.70. The second kappa shape index (κ2) is 6.84. The average molecular weight is 303 g/mol. The molecule has 0 spiro atoms. The van der Waals surface area contributed by atoms with Gasteiger partial charge in [0, 0.05) is 12.8 Å². The molecule has 0 saturated heterocycles. The van der Waals surface area contributed by atoms with E-state index in [4.69, 9.17) is 0 Å². The van der Waals surface area contributed by atoms with Gasteiger partial charge in [-0.3, -0.25) is 9.59 Å². The van der Waals surface area contributed by atoms with E-state index in [9.17, 15) is 14.4 Å². The highest BCUT2D eigenvalue weighted by atomic mass is 16.5. The molecular formula is C15H17N3O4. The molecule has 1 aromatic carbocycles. The summed E-state index contributed by atoms with van der Waals surface area (Å²) < 4.78 is 4.52. The molecule has 2 rings (SSSR count). The van der Waals surface area contributed by atoms with E-state index in [-0.39, 0.29) is 24.3 Å². The number of nitrogens with zero attached hydrogens (tertiary/aromatic N) is 1. The van der Waals surface area contributed by atoms with Gasteiger partial charge >= 0.3 is 5.97 Å². The number of benzene rings is 1. The van der Waals surface area contributed by atoms with E-state index in [1.54, 1.807) is 18.2 Å². The summed E-state index contributed by atoms with van der Waals surface area (Å²) in [7, 11) is 1.25. The van der Waals surface area contributed by atoms with Gasteiger partial charge in [-0.25, -0.2) is 9.78 Å². The zero-order valence-electron chi connectivity index (χ0n) is 12.4. The van der Waals surface area contributed by atoms with E-state index in [0.29, 0.717) is 16.7 Å². The predicted molar refractivity (Wildman–Crippen MR) is 80.3 cm³/mol. The average Bonchev–Trinajstić information content (AvgIpc) is 2.51. The van der Waals surface area contributed by atoms with Crippen LogP contribution >= 0.6 is 0 Å². The zero-order valence-corrected chi connectivity index (χ0v) is 12.4. The highest BCUT2D eigenvalue weighted by molar-refractivity contribution is 5.84. The van der Waals surface area contributed by atoms with Crippen molar-refractivity contribution in [3.8, 4) is 0 Å². The lowest BCUT2D eigenvalue weighted by molar-refractivity contribution is -0.144. The molecule has 0 unspecified atom stereocenters. The summed E-state index contributed by atoms with van der Waals surface area (Å²) in [6.07, 6.45) is 0.260. The van der Waals surface area contributed by atoms with Crippen molar-refractivity contribution in [2.45, 2.75) is 25.8 Å². The van der Waals surface area contributed by atoms with Crippen LogP contribution in [0.4, 0.5) is 0 Å². The number of hydrogen-bond donors (Lipinski definition) is 2. The first kappa shape index (κ1) is 15.7. The van der Waals surface area contributed by atoms with Crippen molar-refractivity contribution >= 4 is 22.9 Å². The number of aromatic nitrogens is 2. The Morgan fingerprint density at radius 3 is 2.82 bits per heavy atom. The Morgan fingerprint density at radius 1 is 1.36 bits per heavy atom. The summed E-state index contributed by atoms with van der Waals surface area (Å²) in [6, 6.07) is 6.45. The molecule has 22 heavy (non-hydrogen) atoms. The molecule has 0 aliphatic carbocycles. The molecule has 0 bridgehead atoms. The monoisotopic (exact) mass is 303 g/mol. The molecule has 0 radical (unpaired) electrons. The van der Waals surface area contributed by atoms with Crippen molar-refractivity contribution in [1.82, 2.24) is 15.3 Å². The molecule has 1 aromatic heterocycles. The highest BCUT2D eigenvalue weighted by Crippen LogP contribution is 2.06. The van der Waals surface area contributed by atoms with Gasteiger partial charge in [-0.2, -0.15) is 0 Å². The maximum absolute atomic E-state index is 11.9. The first-order valence-electron chi connectivity index (χ1n) is 6.86. The van der Waals surface area contributed by atoms with E-state index in [1.165, 1.54) is 14.0 Å². The lowest BCUT2D eigenvalue weighted by atomic mass is 10.2. The molecule has 1 amide bonds. The first-order valence-corrected chi connectivity index (χ1v) is 6.86. The van der Waals surface area contributed by atoms with Crippen molar-refractivity contribution in [3.63, 3.8) is 0 Å². The van der Waals surface area contributed by atoms with Gasteiger partial charge in [0.25, 0.3) is 5.56 Å². The van der Waals surface area contributed by atoms with E-state index in [1.807, 2.05) is 6.07 Å². The van der Waals surface area contributed by atoms with Gasteiger partial charge in [0.05, 0.1) is 18.1 Å². The Labute approximate surface area is 126 Å². The second-order valence-corrected chi connectivity index (χ2v) is 4.84. The largest absolute Gasteiger partial charge is 0.467 e. The van der Waals surface area contributed by atoms with Gasteiger partial charge in [-0.05, 0) is 19.1 Å². The molecule has 7 heteroatoms. The van der Waals surface area contributed by atoms with E-state index in [2.05, 4.69) is 20.0 Å². The van der Waals surface area contributed by atoms with Crippen LogP contribution in [0.5, 0.6) is 0 Å². The molecule has 0 saturated carbocycles. The van der Waals surface area contributed by atoms with Crippen LogP contribution in [0.3, 0.4) is 0 Å². The second-order valence-electron chi connectivity index (χ2n) is 4.84. The Kier molecular flexibility index (Phi) is 4.88. The predicted octanol–water partition coefficient (Wildman–Crippen LogP) is 0.533. The standard InChI is InChI=1S/C15H17N3O4/c1-9(15(21)22-2)16-13(19)8-7-12-14(20)18-11-6-4-3-5-10(11)17-12/h3-6,9H,7-8H2,1-2H3,(H,16,19)(H,18,20)/t9-/m0/s1. The summed E-state index contributed by atoms with van der Waals surface area (Å²) in [6.45, 7) is 1.53. The van der Waals surface area contributed by atoms with E-state index >= 15 is 0 Å².